The summed E-state index contributed by atoms with van der Waals surface area (Å²) < 4.78 is 23.8. The standard InChI is InChI=1S/C43H43N3O10/c1-41-17-16-32(47)42(2,40(52)46-28(19-34(48)53-4)25-9-6-5-7-10-25)31(41)21-33(55-38(50)26-14-12-24(22-44)13-15-26)43(3)37(41)36(49)35-30(56-43)20-29(54-39(35)51)27-11-8-18-45-23-27/h5-15,18,20,23,28,31-33,36-37,47,49H,16-17,19,21H2,1-4H3,(H,46,52)/t28-,31?,32-,33-,36-,37?,41-,42-,43+/m0/s1. The van der Waals surface area contributed by atoms with Crippen LogP contribution in [0.4, 0.5) is 0 Å². The predicted molar refractivity (Wildman–Crippen MR) is 200 cm³/mol. The third-order valence-electron chi connectivity index (χ3n) is 12.5. The monoisotopic (exact) mass is 761 g/mol. The van der Waals surface area contributed by atoms with Gasteiger partial charge in [-0.05, 0) is 86.4 Å². The average molecular weight is 762 g/mol. The Balaban J connectivity index is 1.34. The van der Waals surface area contributed by atoms with Gasteiger partial charge < -0.3 is 34.2 Å². The number of benzene rings is 2. The van der Waals surface area contributed by atoms with E-state index in [2.05, 4.69) is 10.3 Å². The Hall–Kier alpha value is -5.84. The maximum atomic E-state index is 14.8. The summed E-state index contributed by atoms with van der Waals surface area (Å²) in [7, 11) is 1.26. The van der Waals surface area contributed by atoms with Gasteiger partial charge in [0.25, 0.3) is 0 Å². The first-order chi connectivity index (χ1) is 26.7. The molecule has 0 radical (unpaired) electrons. The second kappa shape index (κ2) is 14.7. The van der Waals surface area contributed by atoms with Gasteiger partial charge in [-0.2, -0.15) is 5.26 Å². The molecule has 2 aliphatic carbocycles. The van der Waals surface area contributed by atoms with Crippen LogP contribution in [0.5, 0.6) is 5.75 Å². The van der Waals surface area contributed by atoms with Gasteiger partial charge in [0.2, 0.25) is 5.91 Å². The first-order valence-corrected chi connectivity index (χ1v) is 18.5. The maximum absolute atomic E-state index is 14.8. The predicted octanol–water partition coefficient (Wildman–Crippen LogP) is 5.21. The highest BCUT2D eigenvalue weighted by molar-refractivity contribution is 5.90. The number of carbonyl (C=O) groups is 3. The molecule has 2 aromatic heterocycles. The van der Waals surface area contributed by atoms with Crippen molar-refractivity contribution >= 4 is 17.8 Å². The van der Waals surface area contributed by atoms with Crippen molar-refractivity contribution in [1.82, 2.24) is 10.3 Å². The highest BCUT2D eigenvalue weighted by Gasteiger charge is 2.71. The second-order valence-electron chi connectivity index (χ2n) is 15.6. The van der Waals surface area contributed by atoms with E-state index in [1.54, 1.807) is 56.4 Å². The molecule has 13 nitrogen and oxygen atoms in total. The van der Waals surface area contributed by atoms with Crippen LogP contribution >= 0.6 is 0 Å². The largest absolute Gasteiger partial charge is 0.482 e. The summed E-state index contributed by atoms with van der Waals surface area (Å²) in [5.41, 5.74) is -3.32. The number of methoxy groups -OCH3 is 1. The number of amides is 1. The molecule has 2 unspecified atom stereocenters. The zero-order valence-corrected chi connectivity index (χ0v) is 31.4. The number of hydrogen-bond donors (Lipinski definition) is 3. The van der Waals surface area contributed by atoms with Crippen molar-refractivity contribution in [2.75, 3.05) is 7.11 Å². The topological polar surface area (TPSA) is 198 Å². The quantitative estimate of drug-likeness (QED) is 0.199. The van der Waals surface area contributed by atoms with Crippen molar-refractivity contribution in [3.8, 4) is 23.1 Å². The van der Waals surface area contributed by atoms with E-state index in [9.17, 15) is 34.7 Å². The Kier molecular flexibility index (Phi) is 10.1. The maximum Gasteiger partial charge on any atom is 0.345 e. The van der Waals surface area contributed by atoms with Gasteiger partial charge in [-0.1, -0.05) is 37.3 Å². The molecule has 1 aliphatic heterocycles. The Morgan fingerprint density at radius 2 is 1.79 bits per heavy atom. The molecule has 3 N–H and O–H groups in total. The molecule has 56 heavy (non-hydrogen) atoms. The number of carbonyl (C=O) groups excluding carboxylic acids is 3. The molecule has 9 atom stereocenters. The van der Waals surface area contributed by atoms with E-state index < -0.39 is 76.1 Å². The Morgan fingerprint density at radius 3 is 2.45 bits per heavy atom. The van der Waals surface area contributed by atoms with Crippen molar-refractivity contribution in [2.24, 2.45) is 22.7 Å². The summed E-state index contributed by atoms with van der Waals surface area (Å²) in [5, 5.41) is 36.7. The fourth-order valence-corrected chi connectivity index (χ4v) is 9.57. The van der Waals surface area contributed by atoms with Gasteiger partial charge >= 0.3 is 17.6 Å². The number of esters is 2. The lowest BCUT2D eigenvalue weighted by Crippen LogP contribution is -2.72. The number of hydrogen-bond acceptors (Lipinski definition) is 12. The molecule has 2 saturated carbocycles. The zero-order chi connectivity index (χ0) is 40.0. The molecular formula is C43H43N3O10. The number of aliphatic hydroxyl groups excluding tert-OH is 2. The highest BCUT2D eigenvalue weighted by atomic mass is 16.6. The molecule has 4 aromatic rings. The van der Waals surface area contributed by atoms with Crippen LogP contribution in [0, 0.1) is 34.0 Å². The summed E-state index contributed by atoms with van der Waals surface area (Å²) in [4.78, 5) is 59.2. The molecule has 1 amide bonds. The van der Waals surface area contributed by atoms with E-state index >= 15 is 0 Å². The zero-order valence-electron chi connectivity index (χ0n) is 31.4. The molecule has 3 aliphatic rings. The van der Waals surface area contributed by atoms with Crippen LogP contribution in [0.15, 0.2) is 94.4 Å². The second-order valence-corrected chi connectivity index (χ2v) is 15.6. The molecular weight excluding hydrogens is 718 g/mol. The minimum Gasteiger partial charge on any atom is -0.482 e. The summed E-state index contributed by atoms with van der Waals surface area (Å²) >= 11 is 0. The smallest absolute Gasteiger partial charge is 0.345 e. The van der Waals surface area contributed by atoms with Gasteiger partial charge in [-0.3, -0.25) is 14.6 Å². The van der Waals surface area contributed by atoms with E-state index in [1.807, 2.05) is 19.1 Å². The van der Waals surface area contributed by atoms with Crippen LogP contribution in [0.2, 0.25) is 0 Å². The first-order valence-electron chi connectivity index (χ1n) is 18.5. The number of fused-ring (bicyclic) bond motifs is 4. The normalized spacial score (nSPS) is 29.5. The van der Waals surface area contributed by atoms with E-state index in [0.717, 1.165) is 0 Å². The lowest BCUT2D eigenvalue weighted by atomic mass is 9.42. The molecule has 290 valence electrons. The van der Waals surface area contributed by atoms with Gasteiger partial charge in [0.05, 0.1) is 54.4 Å². The minimum absolute atomic E-state index is 0.0124. The van der Waals surface area contributed by atoms with Gasteiger partial charge in [0.15, 0.2) is 0 Å². The van der Waals surface area contributed by atoms with E-state index in [4.69, 9.17) is 18.6 Å². The molecule has 0 bridgehead atoms. The van der Waals surface area contributed by atoms with Crippen molar-refractivity contribution in [2.45, 2.75) is 76.4 Å². The number of rotatable bonds is 8. The third kappa shape index (κ3) is 6.42. The fraction of sp³-hybridized carbons (Fsp3) is 0.395. The van der Waals surface area contributed by atoms with Gasteiger partial charge in [0, 0.05) is 29.9 Å². The number of nitriles is 1. The van der Waals surface area contributed by atoms with Crippen LogP contribution < -0.4 is 15.7 Å². The molecule has 7 rings (SSSR count). The highest BCUT2D eigenvalue weighted by Crippen LogP contribution is 2.67. The Labute approximate surface area is 323 Å². The fourth-order valence-electron chi connectivity index (χ4n) is 9.57. The Morgan fingerprint density at radius 1 is 1.05 bits per heavy atom. The van der Waals surface area contributed by atoms with Crippen LogP contribution in [0.1, 0.15) is 85.6 Å². The molecule has 0 saturated heterocycles. The number of aromatic nitrogens is 1. The number of nitrogens with one attached hydrogen (secondary N) is 1. The van der Waals surface area contributed by atoms with Crippen LogP contribution in [0.25, 0.3) is 11.3 Å². The SMILES string of the molecule is COC(=O)C[C@H](NC(=O)[C@@]1(C)C2C[C@H](OC(=O)c3ccc(C#N)cc3)[C@@]3(C)Oc4cc(-c5cccnc5)oc(=O)c4[C@H](O)C3[C@@]2(C)CC[C@@H]1O)c1ccccc1. The molecule has 0 spiro atoms. The van der Waals surface area contributed by atoms with Crippen LogP contribution in [-0.2, 0) is 19.1 Å². The molecule has 2 aromatic carbocycles. The van der Waals surface area contributed by atoms with Gasteiger partial charge in [-0.25, -0.2) is 9.59 Å². The summed E-state index contributed by atoms with van der Waals surface area (Å²) in [6.45, 7) is 5.28. The van der Waals surface area contributed by atoms with Crippen molar-refractivity contribution in [1.29, 1.82) is 5.26 Å². The van der Waals surface area contributed by atoms with Gasteiger partial charge in [-0.15, -0.1) is 0 Å². The van der Waals surface area contributed by atoms with Crippen LogP contribution in [0.3, 0.4) is 0 Å². The van der Waals surface area contributed by atoms with Crippen LogP contribution in [-0.4, -0.2) is 58.0 Å². The lowest BCUT2D eigenvalue weighted by Gasteiger charge is -2.66. The van der Waals surface area contributed by atoms with E-state index in [1.165, 1.54) is 43.6 Å². The number of ether oxygens (including phenoxy) is 3. The summed E-state index contributed by atoms with van der Waals surface area (Å²) in [6.07, 6.45) is -0.421. The lowest BCUT2D eigenvalue weighted by molar-refractivity contribution is -0.256. The molecule has 2 fully saturated rings. The third-order valence-corrected chi connectivity index (χ3v) is 12.5. The summed E-state index contributed by atoms with van der Waals surface area (Å²) in [6, 6.07) is 21.0. The van der Waals surface area contributed by atoms with E-state index in [0.29, 0.717) is 23.1 Å². The van der Waals surface area contributed by atoms with Gasteiger partial charge in [0.1, 0.15) is 28.8 Å². The minimum atomic E-state index is -1.56. The number of aliphatic hydroxyl groups is 2. The van der Waals surface area contributed by atoms with E-state index in [-0.39, 0.29) is 41.9 Å². The number of pyridine rings is 1. The number of nitrogens with zero attached hydrogens (tertiary/aromatic N) is 2. The Bertz CT molecular complexity index is 2240. The first kappa shape index (κ1) is 38.4. The van der Waals surface area contributed by atoms with Crippen molar-refractivity contribution < 1.29 is 43.2 Å². The molecule has 3 heterocycles. The van der Waals surface area contributed by atoms with Crippen molar-refractivity contribution in [3.05, 3.63) is 118 Å². The average Bonchev–Trinajstić information content (AvgIpc) is 3.20. The molecule has 13 heteroatoms. The summed E-state index contributed by atoms with van der Waals surface area (Å²) in [5.74, 6) is -3.36. The van der Waals surface area contributed by atoms with Crippen molar-refractivity contribution in [3.63, 3.8) is 0 Å².